The zero-order valence-corrected chi connectivity index (χ0v) is 18.4. The number of amides is 1. The summed E-state index contributed by atoms with van der Waals surface area (Å²) in [5, 5.41) is 13.6. The largest absolute Gasteiger partial charge is 0.481 e. The van der Waals surface area contributed by atoms with E-state index in [-0.39, 0.29) is 23.2 Å². The Morgan fingerprint density at radius 3 is 2.73 bits per heavy atom. The number of nitrogens with zero attached hydrogens (tertiary/aromatic N) is 2. The fourth-order valence-corrected chi connectivity index (χ4v) is 3.87. The van der Waals surface area contributed by atoms with E-state index in [0.717, 1.165) is 12.8 Å². The second kappa shape index (κ2) is 9.43. The van der Waals surface area contributed by atoms with Crippen molar-refractivity contribution in [2.45, 2.75) is 31.9 Å². The summed E-state index contributed by atoms with van der Waals surface area (Å²) in [6.07, 6.45) is 0.846. The third kappa shape index (κ3) is 4.59. The molecule has 1 atom stereocenters. The summed E-state index contributed by atoms with van der Waals surface area (Å²) in [7, 11) is 1.55. The van der Waals surface area contributed by atoms with Crippen LogP contribution in [0.3, 0.4) is 0 Å². The average Bonchev–Trinajstić information content (AvgIpc) is 3.63. The summed E-state index contributed by atoms with van der Waals surface area (Å²) in [5.41, 5.74) is 0.902. The van der Waals surface area contributed by atoms with Gasteiger partial charge in [-0.15, -0.1) is 0 Å². The quantitative estimate of drug-likeness (QED) is 0.531. The van der Waals surface area contributed by atoms with Gasteiger partial charge in [-0.2, -0.15) is 5.26 Å². The molecular weight excluding hydrogens is 425 g/mol. The Kier molecular flexibility index (Phi) is 6.43. The van der Waals surface area contributed by atoms with Crippen molar-refractivity contribution in [1.82, 2.24) is 9.88 Å². The monoisotopic (exact) mass is 449 g/mol. The van der Waals surface area contributed by atoms with Crippen LogP contribution in [-0.2, 0) is 9.53 Å². The van der Waals surface area contributed by atoms with Gasteiger partial charge in [-0.1, -0.05) is 12.1 Å². The number of benzene rings is 2. The molecule has 0 bridgehead atoms. The van der Waals surface area contributed by atoms with Crippen LogP contribution in [0.15, 0.2) is 47.3 Å². The van der Waals surface area contributed by atoms with Gasteiger partial charge >= 0.3 is 0 Å². The molecule has 0 radical (unpaired) electrons. The molecule has 1 heterocycles. The third-order valence-corrected chi connectivity index (χ3v) is 5.61. The Morgan fingerprint density at radius 2 is 2.06 bits per heavy atom. The number of rotatable bonds is 8. The first-order valence-electron chi connectivity index (χ1n) is 10.8. The molecule has 1 aliphatic carbocycles. The van der Waals surface area contributed by atoms with Crippen LogP contribution >= 0.6 is 0 Å². The van der Waals surface area contributed by atoms with Crippen molar-refractivity contribution < 1.29 is 18.7 Å². The number of hydrogen-bond acceptors (Lipinski definition) is 5. The standard InChI is InChI=1S/C25H24FN3O4/c1-15(24(30)28-10-11-32-2)33-19-8-9-20-21(13-19)23(16-4-3-5-17(26)12-16)22(14-27)29(25(20)31)18-6-7-18/h3-5,8-9,12-13,15,18H,6-7,10-11H2,1-2H3,(H,28,30). The summed E-state index contributed by atoms with van der Waals surface area (Å²) in [5.74, 6) is -0.385. The molecule has 33 heavy (non-hydrogen) atoms. The highest BCUT2D eigenvalue weighted by molar-refractivity contribution is 5.99. The molecule has 1 saturated carbocycles. The molecule has 0 saturated heterocycles. The summed E-state index contributed by atoms with van der Waals surface area (Å²) in [6, 6.07) is 13.0. The first kappa shape index (κ1) is 22.5. The average molecular weight is 449 g/mol. The Hall–Kier alpha value is -3.70. The van der Waals surface area contributed by atoms with Gasteiger partial charge in [0.2, 0.25) is 0 Å². The van der Waals surface area contributed by atoms with Gasteiger partial charge in [0.1, 0.15) is 23.3 Å². The Labute approximate surface area is 190 Å². The lowest BCUT2D eigenvalue weighted by molar-refractivity contribution is -0.127. The molecule has 7 nitrogen and oxygen atoms in total. The van der Waals surface area contributed by atoms with Crippen molar-refractivity contribution in [3.63, 3.8) is 0 Å². The van der Waals surface area contributed by atoms with Gasteiger partial charge in [0.25, 0.3) is 11.5 Å². The lowest BCUT2D eigenvalue weighted by atomic mass is 9.96. The van der Waals surface area contributed by atoms with Gasteiger partial charge in [-0.25, -0.2) is 4.39 Å². The number of aromatic nitrogens is 1. The highest BCUT2D eigenvalue weighted by Crippen LogP contribution is 2.39. The van der Waals surface area contributed by atoms with E-state index < -0.39 is 11.9 Å². The van der Waals surface area contributed by atoms with Crippen LogP contribution in [0, 0.1) is 17.1 Å². The van der Waals surface area contributed by atoms with E-state index in [9.17, 15) is 19.2 Å². The normalized spacial score (nSPS) is 14.0. The van der Waals surface area contributed by atoms with Gasteiger partial charge in [0.05, 0.1) is 6.61 Å². The first-order valence-corrected chi connectivity index (χ1v) is 10.8. The van der Waals surface area contributed by atoms with Crippen molar-refractivity contribution in [3.05, 3.63) is 64.3 Å². The number of nitrogens with one attached hydrogen (secondary N) is 1. The molecule has 0 aliphatic heterocycles. The predicted octanol–water partition coefficient (Wildman–Crippen LogP) is 3.54. The number of carbonyl (C=O) groups excluding carboxylic acids is 1. The lowest BCUT2D eigenvalue weighted by Gasteiger charge is -2.18. The maximum absolute atomic E-state index is 14.1. The van der Waals surface area contributed by atoms with Crippen LogP contribution in [-0.4, -0.2) is 36.8 Å². The van der Waals surface area contributed by atoms with Crippen molar-refractivity contribution in [3.8, 4) is 22.9 Å². The van der Waals surface area contributed by atoms with Crippen LogP contribution in [0.1, 0.15) is 31.5 Å². The molecule has 1 aliphatic rings. The van der Waals surface area contributed by atoms with Crippen molar-refractivity contribution in [2.75, 3.05) is 20.3 Å². The minimum atomic E-state index is -0.792. The number of pyridine rings is 1. The number of ether oxygens (including phenoxy) is 2. The molecule has 1 aromatic heterocycles. The molecule has 3 aromatic rings. The van der Waals surface area contributed by atoms with Crippen molar-refractivity contribution >= 4 is 16.7 Å². The van der Waals surface area contributed by atoms with Crippen LogP contribution in [0.25, 0.3) is 21.9 Å². The van der Waals surface area contributed by atoms with Gasteiger partial charge < -0.3 is 14.8 Å². The number of hydrogen-bond donors (Lipinski definition) is 1. The first-order chi connectivity index (χ1) is 15.9. The van der Waals surface area contributed by atoms with Crippen LogP contribution < -0.4 is 15.6 Å². The van der Waals surface area contributed by atoms with Crippen molar-refractivity contribution in [1.29, 1.82) is 5.26 Å². The molecule has 170 valence electrons. The third-order valence-electron chi connectivity index (χ3n) is 5.61. The Balaban J connectivity index is 1.82. The van der Waals surface area contributed by atoms with Crippen molar-refractivity contribution in [2.24, 2.45) is 0 Å². The number of nitriles is 1. The minimum Gasteiger partial charge on any atom is -0.481 e. The van der Waals surface area contributed by atoms with E-state index in [2.05, 4.69) is 11.4 Å². The fraction of sp³-hybridized carbons (Fsp3) is 0.320. The zero-order valence-electron chi connectivity index (χ0n) is 18.4. The van der Waals surface area contributed by atoms with E-state index in [4.69, 9.17) is 9.47 Å². The Bertz CT molecular complexity index is 1310. The zero-order chi connectivity index (χ0) is 23.5. The van der Waals surface area contributed by atoms with Crippen LogP contribution in [0.4, 0.5) is 4.39 Å². The Morgan fingerprint density at radius 1 is 1.27 bits per heavy atom. The number of methoxy groups -OCH3 is 1. The molecular formula is C25H24FN3O4. The second-order valence-corrected chi connectivity index (χ2v) is 8.00. The molecule has 1 N–H and O–H groups in total. The molecule has 8 heteroatoms. The van der Waals surface area contributed by atoms with Gasteiger partial charge in [0.15, 0.2) is 6.10 Å². The number of carbonyl (C=O) groups is 1. The molecule has 0 spiro atoms. The lowest BCUT2D eigenvalue weighted by Crippen LogP contribution is -2.37. The van der Waals surface area contributed by atoms with E-state index >= 15 is 0 Å². The summed E-state index contributed by atoms with van der Waals surface area (Å²) in [6.45, 7) is 2.36. The van der Waals surface area contributed by atoms with Crippen LogP contribution in [0.5, 0.6) is 5.75 Å². The van der Waals surface area contributed by atoms with Gasteiger partial charge in [0, 0.05) is 36.0 Å². The van der Waals surface area contributed by atoms with E-state index in [1.807, 2.05) is 0 Å². The predicted molar refractivity (Wildman–Crippen MR) is 122 cm³/mol. The number of fused-ring (bicyclic) bond motifs is 1. The SMILES string of the molecule is COCCNC(=O)C(C)Oc1ccc2c(=O)n(C3CC3)c(C#N)c(-c3cccc(F)c3)c2c1. The molecule has 1 amide bonds. The van der Waals surface area contributed by atoms with Gasteiger partial charge in [-0.3, -0.25) is 14.2 Å². The molecule has 1 unspecified atom stereocenters. The molecule has 4 rings (SSSR count). The smallest absolute Gasteiger partial charge is 0.260 e. The van der Waals surface area contributed by atoms with E-state index in [0.29, 0.717) is 40.8 Å². The number of halogens is 1. The molecule has 2 aromatic carbocycles. The van der Waals surface area contributed by atoms with Gasteiger partial charge in [-0.05, 0) is 55.7 Å². The van der Waals surface area contributed by atoms with E-state index in [1.54, 1.807) is 44.4 Å². The summed E-state index contributed by atoms with van der Waals surface area (Å²) in [4.78, 5) is 25.5. The molecule has 1 fully saturated rings. The highest BCUT2D eigenvalue weighted by Gasteiger charge is 2.30. The second-order valence-electron chi connectivity index (χ2n) is 8.00. The summed E-state index contributed by atoms with van der Waals surface area (Å²) < 4.78 is 26.3. The van der Waals surface area contributed by atoms with Crippen LogP contribution in [0.2, 0.25) is 0 Å². The van der Waals surface area contributed by atoms with E-state index in [1.165, 1.54) is 16.7 Å². The maximum Gasteiger partial charge on any atom is 0.260 e. The summed E-state index contributed by atoms with van der Waals surface area (Å²) >= 11 is 0. The highest BCUT2D eigenvalue weighted by atomic mass is 19.1. The fourth-order valence-electron chi connectivity index (χ4n) is 3.87. The minimum absolute atomic E-state index is 0.0318. The maximum atomic E-state index is 14.1. The topological polar surface area (TPSA) is 93.3 Å².